The summed E-state index contributed by atoms with van der Waals surface area (Å²) in [5, 5.41) is 27.4. The Bertz CT molecular complexity index is 1140. The number of methoxy groups -OCH3 is 1. The van der Waals surface area contributed by atoms with Gasteiger partial charge in [0.2, 0.25) is 0 Å². The van der Waals surface area contributed by atoms with Gasteiger partial charge in [0.15, 0.2) is 5.65 Å². The van der Waals surface area contributed by atoms with Crippen molar-refractivity contribution >= 4 is 11.0 Å². The number of fused-ring (bicyclic) bond motifs is 1. The molecular weight excluding hydrogens is 328 g/mol. The molecule has 0 amide bonds. The molecule has 4 aromatic rings. The average molecular weight is 342 g/mol. The summed E-state index contributed by atoms with van der Waals surface area (Å²) in [6.07, 6.45) is 1.64. The number of aromatic nitrogens is 3. The number of phenols is 1. The van der Waals surface area contributed by atoms with Gasteiger partial charge < -0.3 is 9.84 Å². The lowest BCUT2D eigenvalue weighted by Gasteiger charge is -2.11. The first-order valence-electron chi connectivity index (χ1n) is 7.92. The number of aromatic hydroxyl groups is 1. The van der Waals surface area contributed by atoms with Crippen LogP contribution in [0.3, 0.4) is 0 Å². The standard InChI is InChI=1S/C20H14N4O2/c1-26-15-7-5-12(6-8-15)19-16(10-21)18(13-3-2-4-14(25)9-13)17-11-22-24-20(17)23-19/h2-9,11,25H,1H3,(H,22,23,24). The molecule has 26 heavy (non-hydrogen) atoms. The molecule has 0 aliphatic rings. The van der Waals surface area contributed by atoms with Gasteiger partial charge in [-0.2, -0.15) is 10.4 Å². The summed E-state index contributed by atoms with van der Waals surface area (Å²) in [5.74, 6) is 0.855. The summed E-state index contributed by atoms with van der Waals surface area (Å²) < 4.78 is 5.20. The van der Waals surface area contributed by atoms with Crippen molar-refractivity contribution in [3.05, 3.63) is 60.3 Å². The molecule has 6 heteroatoms. The zero-order valence-electron chi connectivity index (χ0n) is 13.9. The summed E-state index contributed by atoms with van der Waals surface area (Å²) in [7, 11) is 1.60. The molecule has 2 N–H and O–H groups in total. The van der Waals surface area contributed by atoms with Crippen LogP contribution in [-0.4, -0.2) is 27.4 Å². The van der Waals surface area contributed by atoms with Crippen LogP contribution in [0.1, 0.15) is 5.56 Å². The smallest absolute Gasteiger partial charge is 0.156 e. The van der Waals surface area contributed by atoms with Crippen molar-refractivity contribution in [3.63, 3.8) is 0 Å². The fourth-order valence-corrected chi connectivity index (χ4v) is 3.00. The van der Waals surface area contributed by atoms with Gasteiger partial charge >= 0.3 is 0 Å². The summed E-state index contributed by atoms with van der Waals surface area (Å²) in [4.78, 5) is 4.60. The van der Waals surface area contributed by atoms with E-state index in [0.29, 0.717) is 22.5 Å². The monoisotopic (exact) mass is 342 g/mol. The summed E-state index contributed by atoms with van der Waals surface area (Å²) in [6, 6.07) is 16.4. The molecule has 0 aliphatic heterocycles. The molecule has 0 spiro atoms. The lowest BCUT2D eigenvalue weighted by atomic mass is 9.94. The van der Waals surface area contributed by atoms with Crippen LogP contribution < -0.4 is 4.74 Å². The Balaban J connectivity index is 2.04. The van der Waals surface area contributed by atoms with E-state index in [9.17, 15) is 10.4 Å². The predicted molar refractivity (Wildman–Crippen MR) is 97.7 cm³/mol. The molecule has 0 unspecified atom stereocenters. The Morgan fingerprint density at radius 1 is 1.12 bits per heavy atom. The topological polar surface area (TPSA) is 94.8 Å². The third kappa shape index (κ3) is 2.52. The number of hydrogen-bond acceptors (Lipinski definition) is 5. The van der Waals surface area contributed by atoms with Crippen molar-refractivity contribution in [1.82, 2.24) is 15.2 Å². The van der Waals surface area contributed by atoms with Gasteiger partial charge in [-0.3, -0.25) is 5.10 Å². The van der Waals surface area contributed by atoms with Gasteiger partial charge in [-0.05, 0) is 42.0 Å². The summed E-state index contributed by atoms with van der Waals surface area (Å²) in [5.41, 5.74) is 3.76. The van der Waals surface area contributed by atoms with Gasteiger partial charge in [0, 0.05) is 16.5 Å². The number of rotatable bonds is 3. The second-order valence-electron chi connectivity index (χ2n) is 5.73. The van der Waals surface area contributed by atoms with E-state index in [1.54, 1.807) is 31.5 Å². The average Bonchev–Trinajstić information content (AvgIpc) is 3.14. The SMILES string of the molecule is COc1ccc(-c2nc3[nH]ncc3c(-c3cccc(O)c3)c2C#N)cc1. The van der Waals surface area contributed by atoms with Gasteiger partial charge in [0.25, 0.3) is 0 Å². The Kier molecular flexibility index (Phi) is 3.75. The maximum atomic E-state index is 9.88. The first-order valence-corrected chi connectivity index (χ1v) is 7.92. The molecule has 0 saturated carbocycles. The van der Waals surface area contributed by atoms with Gasteiger partial charge in [-0.1, -0.05) is 12.1 Å². The number of nitriles is 1. The number of ether oxygens (including phenoxy) is 1. The highest BCUT2D eigenvalue weighted by atomic mass is 16.5. The molecular formula is C20H14N4O2. The largest absolute Gasteiger partial charge is 0.508 e. The highest BCUT2D eigenvalue weighted by Gasteiger charge is 2.19. The van der Waals surface area contributed by atoms with Crippen LogP contribution >= 0.6 is 0 Å². The van der Waals surface area contributed by atoms with Crippen LogP contribution in [0.2, 0.25) is 0 Å². The van der Waals surface area contributed by atoms with Gasteiger partial charge in [-0.25, -0.2) is 4.98 Å². The third-order valence-electron chi connectivity index (χ3n) is 4.21. The first kappa shape index (κ1) is 15.7. The Hall–Kier alpha value is -3.85. The van der Waals surface area contributed by atoms with Crippen LogP contribution in [0.5, 0.6) is 11.5 Å². The Morgan fingerprint density at radius 3 is 2.62 bits per heavy atom. The molecule has 0 saturated heterocycles. The van der Waals surface area contributed by atoms with Crippen LogP contribution in [-0.2, 0) is 0 Å². The minimum absolute atomic E-state index is 0.130. The van der Waals surface area contributed by atoms with E-state index in [4.69, 9.17) is 4.74 Å². The molecule has 2 aromatic carbocycles. The molecule has 6 nitrogen and oxygen atoms in total. The maximum absolute atomic E-state index is 9.88. The van der Waals surface area contributed by atoms with Crippen LogP contribution in [0.15, 0.2) is 54.7 Å². The van der Waals surface area contributed by atoms with Crippen molar-refractivity contribution in [2.24, 2.45) is 0 Å². The number of phenolic OH excluding ortho intramolecular Hbond substituents is 1. The highest BCUT2D eigenvalue weighted by molar-refractivity contribution is 5.99. The van der Waals surface area contributed by atoms with Crippen molar-refractivity contribution in [2.75, 3.05) is 7.11 Å². The van der Waals surface area contributed by atoms with E-state index in [-0.39, 0.29) is 5.75 Å². The summed E-state index contributed by atoms with van der Waals surface area (Å²) in [6.45, 7) is 0. The van der Waals surface area contributed by atoms with Crippen molar-refractivity contribution in [3.8, 4) is 40.0 Å². The molecule has 2 aromatic heterocycles. The number of pyridine rings is 1. The van der Waals surface area contributed by atoms with E-state index in [1.165, 1.54) is 0 Å². The maximum Gasteiger partial charge on any atom is 0.156 e. The number of nitrogens with one attached hydrogen (secondary N) is 1. The number of hydrogen-bond donors (Lipinski definition) is 2. The predicted octanol–water partition coefficient (Wildman–Crippen LogP) is 3.88. The van der Waals surface area contributed by atoms with Crippen molar-refractivity contribution in [1.29, 1.82) is 5.26 Å². The van der Waals surface area contributed by atoms with Gasteiger partial charge in [-0.15, -0.1) is 0 Å². The van der Waals surface area contributed by atoms with E-state index < -0.39 is 0 Å². The van der Waals surface area contributed by atoms with Crippen molar-refractivity contribution in [2.45, 2.75) is 0 Å². The van der Waals surface area contributed by atoms with E-state index in [2.05, 4.69) is 21.3 Å². The second-order valence-corrected chi connectivity index (χ2v) is 5.73. The van der Waals surface area contributed by atoms with Crippen LogP contribution in [0.25, 0.3) is 33.4 Å². The number of nitrogens with zero attached hydrogens (tertiary/aromatic N) is 3. The second kappa shape index (κ2) is 6.22. The van der Waals surface area contributed by atoms with Crippen LogP contribution in [0.4, 0.5) is 0 Å². The first-order chi connectivity index (χ1) is 12.7. The molecule has 0 bridgehead atoms. The molecule has 126 valence electrons. The minimum atomic E-state index is 0.130. The number of benzene rings is 2. The zero-order valence-corrected chi connectivity index (χ0v) is 13.9. The molecule has 0 radical (unpaired) electrons. The van der Waals surface area contributed by atoms with Crippen molar-refractivity contribution < 1.29 is 9.84 Å². The quantitative estimate of drug-likeness (QED) is 0.589. The number of aromatic amines is 1. The fourth-order valence-electron chi connectivity index (χ4n) is 3.00. The lowest BCUT2D eigenvalue weighted by molar-refractivity contribution is 0.415. The normalized spacial score (nSPS) is 10.6. The highest BCUT2D eigenvalue weighted by Crippen LogP contribution is 2.37. The number of H-pyrrole nitrogens is 1. The lowest BCUT2D eigenvalue weighted by Crippen LogP contribution is -1.96. The Morgan fingerprint density at radius 2 is 1.92 bits per heavy atom. The Labute approximate surface area is 149 Å². The molecule has 0 aliphatic carbocycles. The molecule has 0 atom stereocenters. The van der Waals surface area contributed by atoms with E-state index in [1.807, 2.05) is 30.3 Å². The van der Waals surface area contributed by atoms with Crippen LogP contribution in [0, 0.1) is 11.3 Å². The molecule has 4 rings (SSSR count). The molecule has 0 fully saturated rings. The minimum Gasteiger partial charge on any atom is -0.508 e. The van der Waals surface area contributed by atoms with E-state index >= 15 is 0 Å². The van der Waals surface area contributed by atoms with E-state index in [0.717, 1.165) is 22.3 Å². The third-order valence-corrected chi connectivity index (χ3v) is 4.21. The molecule has 2 heterocycles. The van der Waals surface area contributed by atoms with Gasteiger partial charge in [0.1, 0.15) is 17.6 Å². The summed E-state index contributed by atoms with van der Waals surface area (Å²) >= 11 is 0. The van der Waals surface area contributed by atoms with Gasteiger partial charge in [0.05, 0.1) is 24.6 Å². The fraction of sp³-hybridized carbons (Fsp3) is 0.0500. The zero-order chi connectivity index (χ0) is 18.1.